The van der Waals surface area contributed by atoms with Crippen molar-refractivity contribution in [1.82, 2.24) is 0 Å². The van der Waals surface area contributed by atoms with Crippen LogP contribution in [0.1, 0.15) is 23.1 Å². The first kappa shape index (κ1) is 19.4. The largest absolute Gasteiger partial charge is 0.464 e. The lowest BCUT2D eigenvalue weighted by Gasteiger charge is -2.09. The highest BCUT2D eigenvalue weighted by molar-refractivity contribution is 5.96. The van der Waals surface area contributed by atoms with Gasteiger partial charge in [-0.1, -0.05) is 0 Å². The van der Waals surface area contributed by atoms with Gasteiger partial charge in [-0.25, -0.2) is 4.79 Å². The molecule has 0 atom stereocenters. The lowest BCUT2D eigenvalue weighted by molar-refractivity contribution is -0.384. The number of hydrogen-bond donors (Lipinski definition) is 1. The smallest absolute Gasteiger partial charge is 0.339 e. The summed E-state index contributed by atoms with van der Waals surface area (Å²) in [6, 6.07) is 9.19. The van der Waals surface area contributed by atoms with E-state index in [9.17, 15) is 19.7 Å². The van der Waals surface area contributed by atoms with Gasteiger partial charge in [-0.3, -0.25) is 14.9 Å². The molecule has 4 rings (SSSR count). The number of fused-ring (bicyclic) bond motifs is 2. The number of nitro benzene ring substituents is 1. The Balaban J connectivity index is 1.55. The zero-order valence-electron chi connectivity index (χ0n) is 16.4. The van der Waals surface area contributed by atoms with Gasteiger partial charge in [-0.05, 0) is 49.6 Å². The second-order valence-electron chi connectivity index (χ2n) is 7.11. The van der Waals surface area contributed by atoms with E-state index in [2.05, 4.69) is 5.32 Å². The number of anilines is 1. The number of hydrogen-bond acceptors (Lipinski definition) is 6. The number of carbonyl (C=O) groups excluding carboxylic acids is 1. The van der Waals surface area contributed by atoms with Gasteiger partial charge in [0.05, 0.1) is 11.2 Å². The Bertz CT molecular complexity index is 1350. The quantitative estimate of drug-likeness (QED) is 0.293. The molecular formula is C22H18N2O6. The summed E-state index contributed by atoms with van der Waals surface area (Å²) in [5.74, 6) is -0.302. The molecule has 1 amide bonds. The number of non-ortho nitro benzene ring substituents is 1. The zero-order chi connectivity index (χ0) is 21.4. The normalized spacial score (nSPS) is 11.1. The van der Waals surface area contributed by atoms with Gasteiger partial charge in [0, 0.05) is 46.6 Å². The molecule has 0 radical (unpaired) electrons. The molecule has 2 heterocycles. The van der Waals surface area contributed by atoms with Crippen molar-refractivity contribution in [2.45, 2.75) is 26.7 Å². The van der Waals surface area contributed by atoms with Crippen LogP contribution in [0.5, 0.6) is 0 Å². The first-order chi connectivity index (χ1) is 14.3. The van der Waals surface area contributed by atoms with Gasteiger partial charge in [0.25, 0.3) is 5.69 Å². The van der Waals surface area contributed by atoms with Gasteiger partial charge in [0.2, 0.25) is 5.91 Å². The van der Waals surface area contributed by atoms with E-state index in [0.717, 1.165) is 21.9 Å². The van der Waals surface area contributed by atoms with Gasteiger partial charge in [0.15, 0.2) is 0 Å². The second kappa shape index (κ2) is 7.47. The molecule has 8 nitrogen and oxygen atoms in total. The number of rotatable bonds is 5. The summed E-state index contributed by atoms with van der Waals surface area (Å²) >= 11 is 0. The van der Waals surface area contributed by atoms with Crippen LogP contribution in [0.25, 0.3) is 21.9 Å². The summed E-state index contributed by atoms with van der Waals surface area (Å²) in [4.78, 5) is 35.0. The lowest BCUT2D eigenvalue weighted by Crippen LogP contribution is -2.16. The van der Waals surface area contributed by atoms with Crippen molar-refractivity contribution in [2.75, 3.05) is 5.32 Å². The van der Waals surface area contributed by atoms with Crippen molar-refractivity contribution >= 4 is 39.2 Å². The number of benzene rings is 2. The van der Waals surface area contributed by atoms with Crippen LogP contribution in [-0.4, -0.2) is 10.8 Å². The average Bonchev–Trinajstić information content (AvgIpc) is 3.07. The topological polar surface area (TPSA) is 116 Å². The standard InChI is InChI=1S/C22H18N2O6/c1-12-11-29-19-10-20-18(9-17(12)19)13(2)16(22(26)30-20)7-8-21(25)23-14-3-5-15(6-4-14)24(27)28/h3-6,9-11H,7-8H2,1-2H3,(H,23,25). The van der Waals surface area contributed by atoms with Crippen LogP contribution in [0.2, 0.25) is 0 Å². The fourth-order valence-electron chi connectivity index (χ4n) is 3.45. The number of nitrogens with zero attached hydrogens (tertiary/aromatic N) is 1. The van der Waals surface area contributed by atoms with Crippen LogP contribution in [0.4, 0.5) is 11.4 Å². The highest BCUT2D eigenvalue weighted by atomic mass is 16.6. The van der Waals surface area contributed by atoms with Crippen LogP contribution in [-0.2, 0) is 11.2 Å². The molecule has 0 aliphatic heterocycles. The van der Waals surface area contributed by atoms with Crippen LogP contribution in [0, 0.1) is 24.0 Å². The van der Waals surface area contributed by atoms with E-state index in [1.165, 1.54) is 24.3 Å². The first-order valence-corrected chi connectivity index (χ1v) is 9.32. The third kappa shape index (κ3) is 3.55. The first-order valence-electron chi connectivity index (χ1n) is 9.32. The van der Waals surface area contributed by atoms with Crippen molar-refractivity contribution in [3.8, 4) is 0 Å². The SMILES string of the molecule is Cc1coc2cc3oc(=O)c(CCC(=O)Nc4ccc([N+](=O)[O-])cc4)c(C)c3cc12. The Morgan fingerprint density at radius 3 is 2.53 bits per heavy atom. The predicted molar refractivity (Wildman–Crippen MR) is 112 cm³/mol. The molecule has 0 aliphatic rings. The summed E-state index contributed by atoms with van der Waals surface area (Å²) in [7, 11) is 0. The van der Waals surface area contributed by atoms with Crippen molar-refractivity contribution in [1.29, 1.82) is 0 Å². The Morgan fingerprint density at radius 1 is 1.10 bits per heavy atom. The third-order valence-corrected chi connectivity index (χ3v) is 5.14. The van der Waals surface area contributed by atoms with Gasteiger partial charge in [-0.15, -0.1) is 0 Å². The minimum Gasteiger partial charge on any atom is -0.464 e. The molecule has 2 aromatic carbocycles. The Kier molecular flexibility index (Phi) is 4.83. The van der Waals surface area contributed by atoms with Crippen LogP contribution in [0.3, 0.4) is 0 Å². The maximum Gasteiger partial charge on any atom is 0.339 e. The van der Waals surface area contributed by atoms with Crippen molar-refractivity contribution in [3.63, 3.8) is 0 Å². The fourth-order valence-corrected chi connectivity index (χ4v) is 3.45. The molecule has 0 aliphatic carbocycles. The molecule has 0 unspecified atom stereocenters. The fraction of sp³-hybridized carbons (Fsp3) is 0.182. The van der Waals surface area contributed by atoms with Crippen molar-refractivity contribution in [3.05, 3.63) is 79.9 Å². The molecule has 0 spiro atoms. The molecule has 0 bridgehead atoms. The summed E-state index contributed by atoms with van der Waals surface area (Å²) in [6.45, 7) is 3.78. The zero-order valence-corrected chi connectivity index (χ0v) is 16.4. The Hall–Kier alpha value is -3.94. The number of furan rings is 1. The van der Waals surface area contributed by atoms with Gasteiger partial charge < -0.3 is 14.2 Å². The van der Waals surface area contributed by atoms with E-state index >= 15 is 0 Å². The highest BCUT2D eigenvalue weighted by Gasteiger charge is 2.15. The molecular weight excluding hydrogens is 388 g/mol. The van der Waals surface area contributed by atoms with E-state index in [4.69, 9.17) is 8.83 Å². The number of amides is 1. The molecule has 2 aromatic heterocycles. The molecule has 0 saturated carbocycles. The lowest BCUT2D eigenvalue weighted by atomic mass is 10.0. The van der Waals surface area contributed by atoms with E-state index in [-0.39, 0.29) is 24.4 Å². The predicted octanol–water partition coefficient (Wildman–Crippen LogP) is 4.64. The summed E-state index contributed by atoms with van der Waals surface area (Å²) in [5.41, 5.74) is 3.21. The van der Waals surface area contributed by atoms with Crippen molar-refractivity contribution < 1.29 is 18.6 Å². The van der Waals surface area contributed by atoms with E-state index < -0.39 is 10.5 Å². The minimum atomic E-state index is -0.508. The monoisotopic (exact) mass is 406 g/mol. The van der Waals surface area contributed by atoms with E-state index in [1.54, 1.807) is 12.3 Å². The number of nitro groups is 1. The second-order valence-corrected chi connectivity index (χ2v) is 7.11. The maximum absolute atomic E-state index is 12.5. The van der Waals surface area contributed by atoms with Crippen LogP contribution in [0.15, 0.2) is 56.3 Å². The van der Waals surface area contributed by atoms with E-state index in [1.807, 2.05) is 19.9 Å². The molecule has 30 heavy (non-hydrogen) atoms. The third-order valence-electron chi connectivity index (χ3n) is 5.14. The highest BCUT2D eigenvalue weighted by Crippen LogP contribution is 2.29. The Morgan fingerprint density at radius 2 is 1.83 bits per heavy atom. The van der Waals surface area contributed by atoms with Crippen LogP contribution < -0.4 is 10.9 Å². The summed E-state index contributed by atoms with van der Waals surface area (Å²) < 4.78 is 10.9. The molecule has 0 saturated heterocycles. The van der Waals surface area contributed by atoms with Gasteiger partial charge in [-0.2, -0.15) is 0 Å². The molecule has 8 heteroatoms. The molecule has 0 fully saturated rings. The average molecular weight is 406 g/mol. The summed E-state index contributed by atoms with van der Waals surface area (Å²) in [6.07, 6.45) is 1.94. The van der Waals surface area contributed by atoms with Gasteiger partial charge >= 0.3 is 5.63 Å². The number of aryl methyl sites for hydroxylation is 2. The van der Waals surface area contributed by atoms with E-state index in [0.29, 0.717) is 22.4 Å². The molecule has 152 valence electrons. The molecule has 4 aromatic rings. The maximum atomic E-state index is 12.5. The van der Waals surface area contributed by atoms with Gasteiger partial charge in [0.1, 0.15) is 11.2 Å². The minimum absolute atomic E-state index is 0.0561. The molecule has 1 N–H and O–H groups in total. The van der Waals surface area contributed by atoms with Crippen LogP contribution >= 0.6 is 0 Å². The number of carbonyl (C=O) groups is 1. The van der Waals surface area contributed by atoms with Crippen molar-refractivity contribution in [2.24, 2.45) is 0 Å². The number of nitrogens with one attached hydrogen (secondary N) is 1. The Labute approximate surface area is 170 Å². The summed E-state index contributed by atoms with van der Waals surface area (Å²) in [5, 5.41) is 15.1.